The molecule has 1 unspecified atom stereocenters. The molecule has 2 aromatic rings. The van der Waals surface area contributed by atoms with Crippen LogP contribution >= 0.6 is 9.24 Å². The number of benzene rings is 1. The highest BCUT2D eigenvalue weighted by molar-refractivity contribution is 7.27. The van der Waals surface area contributed by atoms with E-state index >= 15 is 0 Å². The lowest BCUT2D eigenvalue weighted by Gasteiger charge is -2.18. The minimum atomic E-state index is -0.745. The van der Waals surface area contributed by atoms with E-state index < -0.39 is 11.4 Å². The summed E-state index contributed by atoms with van der Waals surface area (Å²) < 4.78 is 2.47. The number of nitrogens with zero attached hydrogens (tertiary/aromatic N) is 4. The number of aromatic nitrogens is 3. The van der Waals surface area contributed by atoms with E-state index in [1.807, 2.05) is 45.9 Å². The summed E-state index contributed by atoms with van der Waals surface area (Å²) >= 11 is 0. The van der Waals surface area contributed by atoms with Crippen LogP contribution in [-0.2, 0) is 6.54 Å². The third-order valence-corrected chi connectivity index (χ3v) is 7.32. The molecule has 1 aliphatic rings. The second-order valence-corrected chi connectivity index (χ2v) is 11.1. The first-order chi connectivity index (χ1) is 20.0. The van der Waals surface area contributed by atoms with E-state index in [0.29, 0.717) is 11.6 Å². The van der Waals surface area contributed by atoms with E-state index in [-0.39, 0.29) is 30.0 Å². The van der Waals surface area contributed by atoms with Crippen molar-refractivity contribution in [2.45, 2.75) is 72.9 Å². The van der Waals surface area contributed by atoms with Crippen molar-refractivity contribution < 1.29 is 5.11 Å². The highest BCUT2D eigenvalue weighted by Crippen LogP contribution is 2.40. The number of allylic oxidation sites excluding steroid dienone is 9. The van der Waals surface area contributed by atoms with E-state index in [2.05, 4.69) is 37.2 Å². The molecule has 1 atom stereocenters. The van der Waals surface area contributed by atoms with Crippen molar-refractivity contribution in [3.05, 3.63) is 116 Å². The summed E-state index contributed by atoms with van der Waals surface area (Å²) in [5, 5.41) is 15.0. The number of rotatable bonds is 12. The summed E-state index contributed by atoms with van der Waals surface area (Å²) in [5.74, 6) is 0.465. The SMILES string of the molecule is C=C/C(C)=C\C(=C/C)n1c(=O)nc(NC(=C/C(C=NC(C)C)=C/C)/C(O)=C\C)n(Cc2ccc(P)c(C3CC3)c2)c1=O. The van der Waals surface area contributed by atoms with Crippen molar-refractivity contribution in [2.75, 3.05) is 5.32 Å². The summed E-state index contributed by atoms with van der Waals surface area (Å²) in [7, 11) is 2.79. The fourth-order valence-corrected chi connectivity index (χ4v) is 4.64. The molecule has 1 saturated carbocycles. The van der Waals surface area contributed by atoms with E-state index in [1.165, 1.54) is 16.2 Å². The van der Waals surface area contributed by atoms with Gasteiger partial charge in [0.05, 0.1) is 17.9 Å². The van der Waals surface area contributed by atoms with E-state index in [9.17, 15) is 14.7 Å². The second-order valence-electron chi connectivity index (χ2n) is 10.5. The highest BCUT2D eigenvalue weighted by Gasteiger charge is 2.25. The molecule has 1 heterocycles. The molecule has 222 valence electrons. The number of hydrogen-bond acceptors (Lipinski definition) is 6. The third-order valence-electron chi connectivity index (χ3n) is 6.79. The van der Waals surface area contributed by atoms with Crippen LogP contribution in [-0.4, -0.2) is 31.5 Å². The number of aliphatic hydroxyl groups is 1. The summed E-state index contributed by atoms with van der Waals surface area (Å²) in [6.45, 7) is 15.0. The number of aliphatic hydroxyl groups excluding tert-OH is 1. The van der Waals surface area contributed by atoms with Crippen molar-refractivity contribution in [1.29, 1.82) is 0 Å². The van der Waals surface area contributed by atoms with Gasteiger partial charge < -0.3 is 10.4 Å². The Kier molecular flexibility index (Phi) is 11.4. The molecular formula is C33H42N5O3P. The second kappa shape index (κ2) is 14.7. The first-order valence-electron chi connectivity index (χ1n) is 14.2. The Morgan fingerprint density at radius 3 is 2.48 bits per heavy atom. The molecule has 3 rings (SSSR count). The van der Waals surface area contributed by atoms with Gasteiger partial charge in [-0.2, -0.15) is 4.98 Å². The van der Waals surface area contributed by atoms with Crippen LogP contribution < -0.4 is 22.0 Å². The minimum absolute atomic E-state index is 0.0138. The first-order valence-corrected chi connectivity index (χ1v) is 14.7. The van der Waals surface area contributed by atoms with Gasteiger partial charge in [0.15, 0.2) is 0 Å². The predicted octanol–water partition coefficient (Wildman–Crippen LogP) is 6.01. The molecule has 0 aliphatic heterocycles. The summed E-state index contributed by atoms with van der Waals surface area (Å²) in [6, 6.07) is 6.21. The number of nitrogens with one attached hydrogen (secondary N) is 1. The molecular weight excluding hydrogens is 545 g/mol. The zero-order valence-electron chi connectivity index (χ0n) is 25.4. The van der Waals surface area contributed by atoms with Crippen molar-refractivity contribution in [1.82, 2.24) is 14.1 Å². The van der Waals surface area contributed by atoms with Crippen molar-refractivity contribution in [2.24, 2.45) is 4.99 Å². The van der Waals surface area contributed by atoms with Crippen LogP contribution in [0, 0.1) is 0 Å². The van der Waals surface area contributed by atoms with Crippen LogP contribution in [0.4, 0.5) is 5.95 Å². The molecule has 0 spiro atoms. The monoisotopic (exact) mass is 587 g/mol. The minimum Gasteiger partial charge on any atom is -0.506 e. The highest BCUT2D eigenvalue weighted by atomic mass is 31.0. The Morgan fingerprint density at radius 1 is 1.19 bits per heavy atom. The van der Waals surface area contributed by atoms with Crippen LogP contribution in [0.25, 0.3) is 5.70 Å². The summed E-state index contributed by atoms with van der Waals surface area (Å²) in [5.41, 5.74) is 3.02. The Morgan fingerprint density at radius 2 is 1.90 bits per heavy atom. The first kappa shape index (κ1) is 32.5. The van der Waals surface area contributed by atoms with Crippen LogP contribution in [0.5, 0.6) is 0 Å². The lowest BCUT2D eigenvalue weighted by molar-refractivity contribution is 0.422. The summed E-state index contributed by atoms with van der Waals surface area (Å²) in [4.78, 5) is 36.2. The molecule has 1 fully saturated rings. The van der Waals surface area contributed by atoms with Gasteiger partial charge >= 0.3 is 11.4 Å². The van der Waals surface area contributed by atoms with Crippen LogP contribution in [0.1, 0.15) is 71.4 Å². The fraction of sp³-hybridized carbons (Fsp3) is 0.333. The molecule has 0 amide bonds. The van der Waals surface area contributed by atoms with Crippen molar-refractivity contribution in [3.63, 3.8) is 0 Å². The largest absolute Gasteiger partial charge is 0.506 e. The van der Waals surface area contributed by atoms with Gasteiger partial charge in [0.1, 0.15) is 5.76 Å². The molecule has 0 saturated heterocycles. The van der Waals surface area contributed by atoms with Gasteiger partial charge in [0, 0.05) is 12.3 Å². The molecule has 2 N–H and O–H groups in total. The lowest BCUT2D eigenvalue weighted by atomic mass is 10.1. The third kappa shape index (κ3) is 8.26. The van der Waals surface area contributed by atoms with E-state index in [0.717, 1.165) is 39.4 Å². The molecule has 1 aromatic heterocycles. The zero-order valence-corrected chi connectivity index (χ0v) is 26.5. The Labute approximate surface area is 250 Å². The molecule has 1 aromatic carbocycles. The maximum Gasteiger partial charge on any atom is 0.359 e. The predicted molar refractivity (Wildman–Crippen MR) is 179 cm³/mol. The Balaban J connectivity index is 2.24. The van der Waals surface area contributed by atoms with Gasteiger partial charge in [0.25, 0.3) is 0 Å². The molecule has 8 nitrogen and oxygen atoms in total. The quantitative estimate of drug-likeness (QED) is 0.137. The molecule has 0 bridgehead atoms. The van der Waals surface area contributed by atoms with Gasteiger partial charge in [-0.15, -0.1) is 9.24 Å². The molecule has 0 radical (unpaired) electrons. The molecule has 9 heteroatoms. The Bertz CT molecular complexity index is 1630. The average molecular weight is 588 g/mol. The van der Waals surface area contributed by atoms with Gasteiger partial charge in [-0.1, -0.05) is 43.0 Å². The van der Waals surface area contributed by atoms with Gasteiger partial charge in [-0.3, -0.25) is 9.56 Å². The maximum absolute atomic E-state index is 14.1. The lowest BCUT2D eigenvalue weighted by Crippen LogP contribution is -2.42. The fourth-order valence-electron chi connectivity index (χ4n) is 4.22. The van der Waals surface area contributed by atoms with E-state index in [1.54, 1.807) is 44.4 Å². The normalized spacial score (nSPS) is 15.6. The van der Waals surface area contributed by atoms with Crippen LogP contribution in [0.3, 0.4) is 0 Å². The smallest absolute Gasteiger partial charge is 0.359 e. The number of aliphatic imine (C=N–C) groups is 1. The average Bonchev–Trinajstić information content (AvgIpc) is 3.81. The van der Waals surface area contributed by atoms with E-state index in [4.69, 9.17) is 0 Å². The Hall–Kier alpha value is -4.03. The number of anilines is 1. The van der Waals surface area contributed by atoms with Gasteiger partial charge in [-0.05, 0) is 106 Å². The van der Waals surface area contributed by atoms with Crippen molar-refractivity contribution in [3.8, 4) is 0 Å². The standard InChI is InChI=1S/C33H42N5O3P/c1-8-22(7)16-26(10-3)38-32(40)36-31(35-28(29(39)11-4)18-23(9-2)19-34-21(5)6)37(33(38)41)20-24-12-15-30(42)27(17-24)25-13-14-25/h8-12,15-19,21,25,39H,1,13-14,20,42H2,2-7H3,(H,35,36,40)/b22-16-,23-9-,26-10+,28-18+,29-11+,34-19?. The molecule has 42 heavy (non-hydrogen) atoms. The summed E-state index contributed by atoms with van der Waals surface area (Å²) in [6.07, 6.45) is 14.1. The van der Waals surface area contributed by atoms with Crippen molar-refractivity contribution >= 4 is 32.4 Å². The molecule has 1 aliphatic carbocycles. The van der Waals surface area contributed by atoms with Gasteiger partial charge in [-0.25, -0.2) is 14.2 Å². The van der Waals surface area contributed by atoms with Crippen LogP contribution in [0.15, 0.2) is 98.4 Å². The maximum atomic E-state index is 14.1. The number of hydrogen-bond donors (Lipinski definition) is 2. The van der Waals surface area contributed by atoms with Crippen LogP contribution in [0.2, 0.25) is 0 Å². The van der Waals surface area contributed by atoms with Gasteiger partial charge in [0.2, 0.25) is 5.95 Å². The zero-order chi connectivity index (χ0) is 31.0. The topological polar surface area (TPSA) is 102 Å².